The number of rotatable bonds is 0. The molecule has 0 spiro atoms. The second-order valence-electron chi connectivity index (χ2n) is 2.92. The van der Waals surface area contributed by atoms with Gasteiger partial charge < -0.3 is 0 Å². The fourth-order valence-corrected chi connectivity index (χ4v) is 2.36. The Morgan fingerprint density at radius 1 is 1.33 bits per heavy atom. The summed E-state index contributed by atoms with van der Waals surface area (Å²) < 4.78 is 37.4. The van der Waals surface area contributed by atoms with E-state index in [4.69, 9.17) is 11.6 Å². The molecule has 0 aromatic heterocycles. The summed E-state index contributed by atoms with van der Waals surface area (Å²) in [6, 6.07) is 2.31. The summed E-state index contributed by atoms with van der Waals surface area (Å²) in [5.74, 6) is 0.661. The van der Waals surface area contributed by atoms with Crippen LogP contribution in [0.5, 0.6) is 0 Å². The van der Waals surface area contributed by atoms with Crippen molar-refractivity contribution in [1.82, 2.24) is 0 Å². The van der Waals surface area contributed by atoms with Crippen molar-refractivity contribution in [1.29, 1.82) is 0 Å². The van der Waals surface area contributed by atoms with E-state index in [1.807, 2.05) is 0 Å². The minimum absolute atomic E-state index is 0.272. The van der Waals surface area contributed by atoms with Crippen molar-refractivity contribution < 1.29 is 13.2 Å². The van der Waals surface area contributed by atoms with Crippen LogP contribution in [0.25, 0.3) is 0 Å². The number of alkyl halides is 3. The summed E-state index contributed by atoms with van der Waals surface area (Å²) in [6.45, 7) is 0. The van der Waals surface area contributed by atoms with Crippen LogP contribution in [-0.4, -0.2) is 12.0 Å². The zero-order valence-corrected chi connectivity index (χ0v) is 8.88. The number of benzene rings is 1. The van der Waals surface area contributed by atoms with Crippen LogP contribution in [0.15, 0.2) is 22.0 Å². The number of nitrogens with zero attached hydrogens (tertiary/aromatic N) is 1. The predicted molar refractivity (Wildman–Crippen MR) is 55.3 cm³/mol. The Morgan fingerprint density at radius 2 is 2.07 bits per heavy atom. The molecule has 80 valence electrons. The van der Waals surface area contributed by atoms with Crippen LogP contribution >= 0.6 is 23.4 Å². The summed E-state index contributed by atoms with van der Waals surface area (Å²) in [7, 11) is 0. The quantitative estimate of drug-likeness (QED) is 0.674. The standard InChI is InChI=1S/C9H5ClF3NS/c10-6-4-8-7(14-1-2-15-8)3-5(6)9(11,12)13/h1,3-4H,2H2. The lowest BCUT2D eigenvalue weighted by atomic mass is 10.2. The van der Waals surface area contributed by atoms with Gasteiger partial charge in [-0.3, -0.25) is 4.99 Å². The molecule has 2 rings (SSSR count). The topological polar surface area (TPSA) is 12.4 Å². The first kappa shape index (κ1) is 10.8. The molecule has 1 aromatic carbocycles. The summed E-state index contributed by atoms with van der Waals surface area (Å²) in [5, 5.41) is -0.272. The molecule has 0 N–H and O–H groups in total. The van der Waals surface area contributed by atoms with E-state index in [9.17, 15) is 13.2 Å². The molecule has 0 saturated heterocycles. The molecule has 1 heterocycles. The van der Waals surface area contributed by atoms with E-state index in [2.05, 4.69) is 4.99 Å². The Bertz CT molecular complexity index is 428. The first-order valence-electron chi connectivity index (χ1n) is 4.04. The molecule has 0 aliphatic carbocycles. The molecule has 0 radical (unpaired) electrons. The number of thioether (sulfide) groups is 1. The summed E-state index contributed by atoms with van der Waals surface area (Å²) in [5.41, 5.74) is -0.495. The van der Waals surface area contributed by atoms with Crippen molar-refractivity contribution in [2.45, 2.75) is 11.1 Å². The highest BCUT2D eigenvalue weighted by Crippen LogP contribution is 2.42. The van der Waals surface area contributed by atoms with Crippen molar-refractivity contribution >= 4 is 35.3 Å². The lowest BCUT2D eigenvalue weighted by molar-refractivity contribution is -0.137. The zero-order chi connectivity index (χ0) is 11.1. The van der Waals surface area contributed by atoms with Crippen molar-refractivity contribution in [3.8, 4) is 0 Å². The van der Waals surface area contributed by atoms with Crippen LogP contribution in [-0.2, 0) is 6.18 Å². The third kappa shape index (κ3) is 2.13. The first-order valence-corrected chi connectivity index (χ1v) is 5.41. The Labute approximate surface area is 93.3 Å². The van der Waals surface area contributed by atoms with Gasteiger partial charge in [-0.25, -0.2) is 0 Å². The number of hydrogen-bond donors (Lipinski definition) is 0. The van der Waals surface area contributed by atoms with E-state index >= 15 is 0 Å². The second-order valence-corrected chi connectivity index (χ2v) is 4.39. The van der Waals surface area contributed by atoms with Gasteiger partial charge in [0.15, 0.2) is 0 Å². The number of aliphatic imine (C=N–C) groups is 1. The van der Waals surface area contributed by atoms with E-state index in [-0.39, 0.29) is 5.02 Å². The molecule has 1 aliphatic rings. The number of halogens is 4. The Morgan fingerprint density at radius 3 is 2.73 bits per heavy atom. The molecule has 0 fully saturated rings. The third-order valence-corrected chi connectivity index (χ3v) is 3.16. The van der Waals surface area contributed by atoms with Crippen LogP contribution < -0.4 is 0 Å². The summed E-state index contributed by atoms with van der Waals surface area (Å²) in [6.07, 6.45) is -2.84. The van der Waals surface area contributed by atoms with E-state index in [0.717, 1.165) is 6.07 Å². The number of hydrogen-bond acceptors (Lipinski definition) is 2. The summed E-state index contributed by atoms with van der Waals surface area (Å²) >= 11 is 6.98. The average Bonchev–Trinajstić information content (AvgIpc) is 2.15. The van der Waals surface area contributed by atoms with Gasteiger partial charge in [-0.05, 0) is 12.1 Å². The molecule has 1 aromatic rings. The van der Waals surface area contributed by atoms with Crippen LogP contribution in [0.3, 0.4) is 0 Å². The highest BCUT2D eigenvalue weighted by atomic mass is 35.5. The van der Waals surface area contributed by atoms with Gasteiger partial charge in [0.05, 0.1) is 16.3 Å². The zero-order valence-electron chi connectivity index (χ0n) is 7.31. The minimum atomic E-state index is -4.43. The third-order valence-electron chi connectivity index (χ3n) is 1.90. The van der Waals surface area contributed by atoms with E-state index in [0.29, 0.717) is 16.3 Å². The van der Waals surface area contributed by atoms with Crippen molar-refractivity contribution in [2.24, 2.45) is 4.99 Å². The first-order chi connectivity index (χ1) is 6.98. The highest BCUT2D eigenvalue weighted by Gasteiger charge is 2.34. The smallest absolute Gasteiger partial charge is 0.259 e. The summed E-state index contributed by atoms with van der Waals surface area (Å²) in [4.78, 5) is 4.59. The van der Waals surface area contributed by atoms with Gasteiger partial charge in [-0.15, -0.1) is 11.8 Å². The van der Waals surface area contributed by atoms with E-state index < -0.39 is 11.7 Å². The molecular weight excluding hydrogens is 247 g/mol. The normalized spacial score (nSPS) is 15.2. The Kier molecular flexibility index (Phi) is 2.68. The van der Waals surface area contributed by atoms with Crippen molar-refractivity contribution in [2.75, 3.05) is 5.75 Å². The molecule has 0 saturated carbocycles. The molecule has 0 unspecified atom stereocenters. The fourth-order valence-electron chi connectivity index (χ4n) is 1.24. The Balaban J connectivity index is 2.56. The van der Waals surface area contributed by atoms with E-state index in [1.54, 1.807) is 6.21 Å². The molecular formula is C9H5ClF3NS. The molecule has 1 nitrogen and oxygen atoms in total. The molecule has 0 bridgehead atoms. The van der Waals surface area contributed by atoms with Gasteiger partial charge in [-0.1, -0.05) is 11.6 Å². The van der Waals surface area contributed by atoms with Crippen LogP contribution in [0, 0.1) is 0 Å². The lowest BCUT2D eigenvalue weighted by Gasteiger charge is -2.14. The van der Waals surface area contributed by atoms with Gasteiger partial charge in [0, 0.05) is 16.9 Å². The van der Waals surface area contributed by atoms with Gasteiger partial charge in [0.25, 0.3) is 0 Å². The second kappa shape index (κ2) is 3.72. The maximum Gasteiger partial charge on any atom is 0.417 e. The van der Waals surface area contributed by atoms with Gasteiger partial charge in [-0.2, -0.15) is 13.2 Å². The maximum absolute atomic E-state index is 12.5. The van der Waals surface area contributed by atoms with Crippen LogP contribution in [0.4, 0.5) is 18.9 Å². The molecule has 1 aliphatic heterocycles. The highest BCUT2D eigenvalue weighted by molar-refractivity contribution is 8.00. The molecule has 6 heteroatoms. The molecule has 15 heavy (non-hydrogen) atoms. The maximum atomic E-state index is 12.5. The monoisotopic (exact) mass is 251 g/mol. The van der Waals surface area contributed by atoms with Crippen molar-refractivity contribution in [3.05, 3.63) is 22.7 Å². The molecule has 0 amide bonds. The number of fused-ring (bicyclic) bond motifs is 1. The van der Waals surface area contributed by atoms with Gasteiger partial charge in [0.1, 0.15) is 0 Å². The van der Waals surface area contributed by atoms with Crippen LogP contribution in [0.2, 0.25) is 5.02 Å². The Hall–Kier alpha value is -0.680. The average molecular weight is 252 g/mol. The van der Waals surface area contributed by atoms with Crippen LogP contribution in [0.1, 0.15) is 5.56 Å². The van der Waals surface area contributed by atoms with Gasteiger partial charge in [0.2, 0.25) is 0 Å². The lowest BCUT2D eigenvalue weighted by Crippen LogP contribution is -2.06. The molecule has 0 atom stereocenters. The SMILES string of the molecule is FC(F)(F)c1cc2c(cc1Cl)SCC=N2. The van der Waals surface area contributed by atoms with Gasteiger partial charge >= 0.3 is 6.18 Å². The van der Waals surface area contributed by atoms with Crippen molar-refractivity contribution in [3.63, 3.8) is 0 Å². The van der Waals surface area contributed by atoms with E-state index in [1.165, 1.54) is 17.8 Å². The largest absolute Gasteiger partial charge is 0.417 e. The minimum Gasteiger partial charge on any atom is -0.259 e. The fraction of sp³-hybridized carbons (Fsp3) is 0.222. The predicted octanol–water partition coefficient (Wildman–Crippen LogP) is 4.17.